The van der Waals surface area contributed by atoms with Gasteiger partial charge >= 0.3 is 0 Å². The van der Waals surface area contributed by atoms with E-state index in [2.05, 4.69) is 9.55 Å². The lowest BCUT2D eigenvalue weighted by Gasteiger charge is -2.40. The largest absolute Gasteiger partial charge is 0.376 e. The van der Waals surface area contributed by atoms with E-state index in [1.807, 2.05) is 18.2 Å². The molecule has 1 fully saturated rings. The maximum absolute atomic E-state index is 5.99. The van der Waals surface area contributed by atoms with Gasteiger partial charge in [0.25, 0.3) is 0 Å². The van der Waals surface area contributed by atoms with Crippen LogP contribution in [0.15, 0.2) is 18.2 Å². The quantitative estimate of drug-likeness (QED) is 0.865. The third kappa shape index (κ3) is 1.88. The molecule has 0 atom stereocenters. The fraction of sp³-hybridized carbons (Fsp3) is 0.462. The standard InChI is InChI=1S/C13H15ClN2OS/c1-17-13(5-2-6-13)8-16-11-4-3-9(14)7-10(11)15-12(16)18/h3-4,7H,2,5-6,8H2,1H3,(H,15,18). The third-order valence-corrected chi connectivity index (χ3v) is 4.44. The van der Waals surface area contributed by atoms with Gasteiger partial charge in [0.2, 0.25) is 0 Å². The van der Waals surface area contributed by atoms with Gasteiger partial charge in [-0.25, -0.2) is 0 Å². The Morgan fingerprint density at radius 2 is 2.28 bits per heavy atom. The molecule has 1 aromatic heterocycles. The van der Waals surface area contributed by atoms with Crippen LogP contribution in [0, 0.1) is 4.77 Å². The van der Waals surface area contributed by atoms with Crippen LogP contribution < -0.4 is 0 Å². The number of nitrogens with one attached hydrogen (secondary N) is 1. The van der Waals surface area contributed by atoms with Crippen LogP contribution in [0.1, 0.15) is 19.3 Å². The summed E-state index contributed by atoms with van der Waals surface area (Å²) in [5.74, 6) is 0. The molecule has 1 N–H and O–H groups in total. The van der Waals surface area contributed by atoms with Gasteiger partial charge in [0.15, 0.2) is 4.77 Å². The van der Waals surface area contributed by atoms with Gasteiger partial charge in [-0.15, -0.1) is 0 Å². The number of methoxy groups -OCH3 is 1. The van der Waals surface area contributed by atoms with E-state index in [1.54, 1.807) is 7.11 Å². The van der Waals surface area contributed by atoms with Gasteiger partial charge in [0.05, 0.1) is 23.2 Å². The molecule has 1 saturated carbocycles. The zero-order valence-electron chi connectivity index (χ0n) is 10.2. The second-order valence-electron chi connectivity index (χ2n) is 4.92. The smallest absolute Gasteiger partial charge is 0.178 e. The number of hydrogen-bond donors (Lipinski definition) is 1. The fourth-order valence-corrected chi connectivity index (χ4v) is 3.02. The topological polar surface area (TPSA) is 29.9 Å². The van der Waals surface area contributed by atoms with E-state index in [1.165, 1.54) is 6.42 Å². The minimum atomic E-state index is -0.0347. The van der Waals surface area contributed by atoms with Crippen LogP contribution in [0.2, 0.25) is 5.02 Å². The first-order valence-electron chi connectivity index (χ1n) is 6.07. The summed E-state index contributed by atoms with van der Waals surface area (Å²) in [6.07, 6.45) is 3.44. The molecular weight excluding hydrogens is 268 g/mol. The predicted octanol–water partition coefficient (Wildman–Crippen LogP) is 3.92. The number of benzene rings is 1. The lowest BCUT2D eigenvalue weighted by atomic mass is 9.80. The van der Waals surface area contributed by atoms with Crippen LogP contribution in [-0.2, 0) is 11.3 Å². The number of hydrogen-bond acceptors (Lipinski definition) is 2. The molecule has 0 aliphatic heterocycles. The number of rotatable bonds is 3. The number of halogens is 1. The molecule has 3 nitrogen and oxygen atoms in total. The van der Waals surface area contributed by atoms with Crippen molar-refractivity contribution in [2.24, 2.45) is 0 Å². The van der Waals surface area contributed by atoms with Crippen molar-refractivity contribution in [2.45, 2.75) is 31.4 Å². The van der Waals surface area contributed by atoms with Gasteiger partial charge in [0, 0.05) is 12.1 Å². The Morgan fingerprint density at radius 3 is 2.89 bits per heavy atom. The number of imidazole rings is 1. The second-order valence-corrected chi connectivity index (χ2v) is 5.74. The van der Waals surface area contributed by atoms with Gasteiger partial charge in [-0.2, -0.15) is 0 Å². The highest BCUT2D eigenvalue weighted by Crippen LogP contribution is 2.37. The number of aromatic nitrogens is 2. The number of ether oxygens (including phenoxy) is 1. The van der Waals surface area contributed by atoms with Gasteiger partial charge in [-0.05, 0) is 49.7 Å². The maximum atomic E-state index is 5.99. The van der Waals surface area contributed by atoms with Crippen molar-refractivity contribution in [3.05, 3.63) is 28.0 Å². The van der Waals surface area contributed by atoms with Crippen molar-refractivity contribution in [3.8, 4) is 0 Å². The third-order valence-electron chi connectivity index (χ3n) is 3.88. The van der Waals surface area contributed by atoms with E-state index >= 15 is 0 Å². The minimum Gasteiger partial charge on any atom is -0.376 e. The van der Waals surface area contributed by atoms with Crippen molar-refractivity contribution < 1.29 is 4.74 Å². The van der Waals surface area contributed by atoms with Gasteiger partial charge < -0.3 is 14.3 Å². The summed E-state index contributed by atoms with van der Waals surface area (Å²) in [5.41, 5.74) is 2.04. The van der Waals surface area contributed by atoms with Crippen LogP contribution >= 0.6 is 23.8 Å². The van der Waals surface area contributed by atoms with Crippen LogP contribution in [-0.4, -0.2) is 22.3 Å². The molecule has 1 aliphatic rings. The first kappa shape index (κ1) is 12.2. The van der Waals surface area contributed by atoms with Gasteiger partial charge in [0.1, 0.15) is 0 Å². The Balaban J connectivity index is 2.06. The summed E-state index contributed by atoms with van der Waals surface area (Å²) >= 11 is 11.4. The van der Waals surface area contributed by atoms with Crippen LogP contribution in [0.4, 0.5) is 0 Å². The molecular formula is C13H15ClN2OS. The lowest BCUT2D eigenvalue weighted by molar-refractivity contribution is -0.0830. The van der Waals surface area contributed by atoms with E-state index in [9.17, 15) is 0 Å². The van der Waals surface area contributed by atoms with E-state index in [4.69, 9.17) is 28.6 Å². The van der Waals surface area contributed by atoms with Crippen molar-refractivity contribution >= 4 is 34.9 Å². The summed E-state index contributed by atoms with van der Waals surface area (Å²) < 4.78 is 8.51. The zero-order valence-corrected chi connectivity index (χ0v) is 11.8. The molecule has 0 saturated heterocycles. The van der Waals surface area contributed by atoms with E-state index in [0.29, 0.717) is 0 Å². The predicted molar refractivity (Wildman–Crippen MR) is 75.7 cm³/mol. The van der Waals surface area contributed by atoms with Gasteiger partial charge in [-0.1, -0.05) is 11.6 Å². The number of aromatic amines is 1. The molecule has 1 heterocycles. The van der Waals surface area contributed by atoms with Crippen molar-refractivity contribution in [1.29, 1.82) is 0 Å². The molecule has 18 heavy (non-hydrogen) atoms. The van der Waals surface area contributed by atoms with Crippen molar-refractivity contribution in [1.82, 2.24) is 9.55 Å². The molecule has 1 aliphatic carbocycles. The molecule has 0 unspecified atom stereocenters. The van der Waals surface area contributed by atoms with Crippen molar-refractivity contribution in [2.75, 3.05) is 7.11 Å². The number of nitrogens with zero attached hydrogens (tertiary/aromatic N) is 1. The fourth-order valence-electron chi connectivity index (χ4n) is 2.58. The molecule has 0 spiro atoms. The highest BCUT2D eigenvalue weighted by Gasteiger charge is 2.37. The SMILES string of the molecule is COC1(Cn2c(=S)[nH]c3cc(Cl)ccc32)CCC1. The highest BCUT2D eigenvalue weighted by atomic mass is 35.5. The van der Waals surface area contributed by atoms with Crippen LogP contribution in [0.25, 0.3) is 11.0 Å². The van der Waals surface area contributed by atoms with E-state index in [-0.39, 0.29) is 5.60 Å². The Morgan fingerprint density at radius 1 is 1.50 bits per heavy atom. The molecule has 5 heteroatoms. The minimum absolute atomic E-state index is 0.0347. The lowest BCUT2D eigenvalue weighted by Crippen LogP contribution is -2.43. The Kier molecular flexibility index (Phi) is 2.96. The van der Waals surface area contributed by atoms with Crippen LogP contribution in [0.5, 0.6) is 0 Å². The molecule has 96 valence electrons. The summed E-state index contributed by atoms with van der Waals surface area (Å²) in [6, 6.07) is 5.80. The maximum Gasteiger partial charge on any atom is 0.178 e. The molecule has 0 radical (unpaired) electrons. The second kappa shape index (κ2) is 4.37. The Hall–Kier alpha value is -0.840. The Labute approximate surface area is 116 Å². The average molecular weight is 283 g/mol. The normalized spacial score (nSPS) is 17.9. The van der Waals surface area contributed by atoms with E-state index in [0.717, 1.165) is 40.2 Å². The summed E-state index contributed by atoms with van der Waals surface area (Å²) in [6.45, 7) is 0.809. The summed E-state index contributed by atoms with van der Waals surface area (Å²) in [5, 5.41) is 0.719. The van der Waals surface area contributed by atoms with E-state index < -0.39 is 0 Å². The van der Waals surface area contributed by atoms with Crippen LogP contribution in [0.3, 0.4) is 0 Å². The van der Waals surface area contributed by atoms with Crippen molar-refractivity contribution in [3.63, 3.8) is 0 Å². The number of H-pyrrole nitrogens is 1. The zero-order chi connectivity index (χ0) is 12.8. The first-order chi connectivity index (χ1) is 8.63. The highest BCUT2D eigenvalue weighted by molar-refractivity contribution is 7.71. The summed E-state index contributed by atoms with van der Waals surface area (Å²) in [7, 11) is 1.79. The number of fused-ring (bicyclic) bond motifs is 1. The molecule has 2 aromatic rings. The molecule has 1 aromatic carbocycles. The summed E-state index contributed by atoms with van der Waals surface area (Å²) in [4.78, 5) is 3.20. The Bertz CT molecular complexity index is 636. The molecule has 0 amide bonds. The first-order valence-corrected chi connectivity index (χ1v) is 6.85. The molecule has 0 bridgehead atoms. The van der Waals surface area contributed by atoms with Gasteiger partial charge in [-0.3, -0.25) is 0 Å². The monoisotopic (exact) mass is 282 g/mol. The molecule has 3 rings (SSSR count). The average Bonchev–Trinajstić information content (AvgIpc) is 2.59.